The number of benzene rings is 2. The molecule has 0 unspecified atom stereocenters. The second-order valence-corrected chi connectivity index (χ2v) is 9.08. The normalized spacial score (nSPS) is 14.5. The van der Waals surface area contributed by atoms with Crippen molar-refractivity contribution in [3.8, 4) is 11.1 Å². The van der Waals surface area contributed by atoms with E-state index in [1.165, 1.54) is 10.6 Å². The summed E-state index contributed by atoms with van der Waals surface area (Å²) in [5, 5.41) is 62.8. The second-order valence-electron chi connectivity index (χ2n) is 9.08. The maximum absolute atomic E-state index is 14.5. The van der Waals surface area contributed by atoms with Gasteiger partial charge in [-0.2, -0.15) is 0 Å². The van der Waals surface area contributed by atoms with E-state index in [4.69, 9.17) is 35.4 Å². The van der Waals surface area contributed by atoms with Crippen LogP contribution in [0.25, 0.3) is 11.1 Å². The van der Waals surface area contributed by atoms with Crippen molar-refractivity contribution >= 4 is 17.8 Å². The molecule has 14 nitrogen and oxygen atoms in total. The maximum atomic E-state index is 14.5. The summed E-state index contributed by atoms with van der Waals surface area (Å²) in [6.07, 6.45) is -6.67. The average molecular weight is 594 g/mol. The molecule has 5 atom stereocenters. The fourth-order valence-corrected chi connectivity index (χ4v) is 3.70. The number of aliphatic carboxylic acids is 1. The number of carboxylic acid groups (broad SMARTS) is 1. The van der Waals surface area contributed by atoms with Crippen molar-refractivity contribution in [2.45, 2.75) is 50.7 Å². The summed E-state index contributed by atoms with van der Waals surface area (Å²) < 4.78 is 21.1. The van der Waals surface area contributed by atoms with E-state index in [-0.39, 0.29) is 19.0 Å². The minimum atomic E-state index is -2.20. The van der Waals surface area contributed by atoms with Gasteiger partial charge in [0.15, 0.2) is 11.9 Å². The number of nitro groups is 1. The van der Waals surface area contributed by atoms with Gasteiger partial charge in [0.05, 0.1) is 12.5 Å². The van der Waals surface area contributed by atoms with Crippen LogP contribution in [0.1, 0.15) is 24.2 Å². The first-order chi connectivity index (χ1) is 19.8. The lowest BCUT2D eigenvalue weighted by atomic mass is 9.97. The molecule has 0 aliphatic carbocycles. The molecule has 15 heteroatoms. The van der Waals surface area contributed by atoms with Crippen LogP contribution >= 0.6 is 0 Å². The summed E-state index contributed by atoms with van der Waals surface area (Å²) in [5.74, 6) is -3.05. The van der Waals surface area contributed by atoms with E-state index in [1.807, 2.05) is 30.3 Å². The number of aryl methyl sites for hydroxylation is 1. The average Bonchev–Trinajstić information content (AvgIpc) is 3.35. The second kappa shape index (κ2) is 15.6. The predicted octanol–water partition coefficient (Wildman–Crippen LogP) is 0.760. The molecule has 3 aromatic rings. The Labute approximate surface area is 239 Å². The van der Waals surface area contributed by atoms with Gasteiger partial charge in [0.2, 0.25) is 0 Å². The smallest absolute Gasteiger partial charge is 0.342 e. The number of halogens is 1. The molecule has 1 heterocycles. The molecule has 42 heavy (non-hydrogen) atoms. The minimum absolute atomic E-state index is 0.0498. The van der Waals surface area contributed by atoms with Gasteiger partial charge in [-0.15, -0.1) is 0 Å². The molecule has 1 aromatic heterocycles. The molecule has 0 radical (unpaired) electrons. The standard InChI is InChI=1S/C21H20FN3O4.C6H12O7/c1-14(17-8-9-18(19(22)12-17)16-6-4-3-5-7-16)21(26)29-11-10-24-15(2)23-13-20(24)25(27)28;7-1-2(8)3(9)4(10)5(11)6(12)13/h3-9,12-14H,10-11H2,1-2H3;2-5,7-11H,1H2,(H,12,13)/t14-;2-,3+,4+,5+/m00/s1. The molecule has 0 spiro atoms. The van der Waals surface area contributed by atoms with Crippen LogP contribution in [0, 0.1) is 22.9 Å². The highest BCUT2D eigenvalue weighted by atomic mass is 19.1. The van der Waals surface area contributed by atoms with Crippen LogP contribution in [0.5, 0.6) is 0 Å². The largest absolute Gasteiger partial charge is 0.479 e. The summed E-state index contributed by atoms with van der Waals surface area (Å²) >= 11 is 0. The van der Waals surface area contributed by atoms with Crippen LogP contribution in [0.2, 0.25) is 0 Å². The number of carboxylic acids is 1. The highest BCUT2D eigenvalue weighted by Crippen LogP contribution is 2.27. The van der Waals surface area contributed by atoms with Crippen molar-refractivity contribution in [3.63, 3.8) is 0 Å². The summed E-state index contributed by atoms with van der Waals surface area (Å²) in [4.78, 5) is 36.8. The molecule has 3 rings (SSSR count). The predicted molar refractivity (Wildman–Crippen MR) is 144 cm³/mol. The van der Waals surface area contributed by atoms with Gasteiger partial charge in [0.25, 0.3) is 0 Å². The fraction of sp³-hybridized carbons (Fsp3) is 0.370. The molecule has 0 amide bonds. The number of ether oxygens (including phenoxy) is 1. The van der Waals surface area contributed by atoms with Crippen LogP contribution in [0.3, 0.4) is 0 Å². The van der Waals surface area contributed by atoms with Gasteiger partial charge < -0.3 is 45.5 Å². The van der Waals surface area contributed by atoms with Crippen molar-refractivity contribution < 1.29 is 54.3 Å². The molecule has 0 aliphatic heterocycles. The van der Waals surface area contributed by atoms with Crippen molar-refractivity contribution in [1.29, 1.82) is 0 Å². The number of nitrogens with zero attached hydrogens (tertiary/aromatic N) is 3. The van der Waals surface area contributed by atoms with E-state index in [9.17, 15) is 24.1 Å². The van der Waals surface area contributed by atoms with Crippen LogP contribution in [-0.4, -0.2) is 94.7 Å². The van der Waals surface area contributed by atoms with Gasteiger partial charge in [0.1, 0.15) is 43.5 Å². The molecular formula is C27H32FN3O11. The van der Waals surface area contributed by atoms with E-state index in [2.05, 4.69) is 4.98 Å². The SMILES string of the molecule is Cc1ncc([N+](=O)[O-])n1CCOC(=O)[C@@H](C)c1ccc(-c2ccccc2)c(F)c1.O=C(O)[C@H](O)[C@H](O)[C@H](O)[C@@H](O)CO. The maximum Gasteiger partial charge on any atom is 0.342 e. The highest BCUT2D eigenvalue weighted by Gasteiger charge is 2.33. The molecule has 228 valence electrons. The number of aliphatic hydroxyl groups excluding tert-OH is 5. The lowest BCUT2D eigenvalue weighted by Gasteiger charge is -2.23. The molecule has 2 aromatic carbocycles. The van der Waals surface area contributed by atoms with E-state index >= 15 is 0 Å². The zero-order valence-electron chi connectivity index (χ0n) is 22.6. The Morgan fingerprint density at radius 2 is 1.74 bits per heavy atom. The molecule has 6 N–H and O–H groups in total. The minimum Gasteiger partial charge on any atom is -0.479 e. The molecule has 0 bridgehead atoms. The van der Waals surface area contributed by atoms with Crippen molar-refractivity contribution in [3.05, 3.63) is 82.0 Å². The lowest BCUT2D eigenvalue weighted by molar-refractivity contribution is -0.392. The van der Waals surface area contributed by atoms with Crippen molar-refractivity contribution in [2.75, 3.05) is 13.2 Å². The number of carbonyl (C=O) groups is 2. The van der Waals surface area contributed by atoms with Gasteiger partial charge in [0, 0.05) is 12.5 Å². The molecule has 0 fully saturated rings. The van der Waals surface area contributed by atoms with Gasteiger partial charge in [-0.3, -0.25) is 4.79 Å². The Morgan fingerprint density at radius 3 is 2.29 bits per heavy atom. The van der Waals surface area contributed by atoms with Crippen LogP contribution in [0.15, 0.2) is 54.7 Å². The first-order valence-corrected chi connectivity index (χ1v) is 12.5. The monoisotopic (exact) mass is 593 g/mol. The van der Waals surface area contributed by atoms with Crippen molar-refractivity contribution in [1.82, 2.24) is 9.55 Å². The Morgan fingerprint density at radius 1 is 1.10 bits per heavy atom. The van der Waals surface area contributed by atoms with E-state index in [0.717, 1.165) is 11.8 Å². The summed E-state index contributed by atoms with van der Waals surface area (Å²) in [5.41, 5.74) is 1.71. The van der Waals surface area contributed by atoms with Gasteiger partial charge in [-0.05, 0) is 29.0 Å². The zero-order valence-corrected chi connectivity index (χ0v) is 22.6. The first kappa shape index (κ1) is 33.9. The van der Waals surface area contributed by atoms with E-state index < -0.39 is 59.6 Å². The summed E-state index contributed by atoms with van der Waals surface area (Å²) in [6, 6.07) is 13.8. The topological polar surface area (TPSA) is 226 Å². The molecule has 0 saturated heterocycles. The number of carbonyl (C=O) groups excluding carboxylic acids is 1. The number of aliphatic hydroxyl groups is 5. The molecular weight excluding hydrogens is 561 g/mol. The first-order valence-electron chi connectivity index (χ1n) is 12.5. The number of aromatic nitrogens is 2. The third-order valence-electron chi connectivity index (χ3n) is 6.22. The van der Waals surface area contributed by atoms with Crippen molar-refractivity contribution in [2.24, 2.45) is 0 Å². The number of hydrogen-bond donors (Lipinski definition) is 6. The Kier molecular flexibility index (Phi) is 12.6. The number of rotatable bonds is 12. The third kappa shape index (κ3) is 8.86. The summed E-state index contributed by atoms with van der Waals surface area (Å²) in [6.45, 7) is 2.48. The van der Waals surface area contributed by atoms with Gasteiger partial charge in [-0.25, -0.2) is 18.7 Å². The Hall–Kier alpha value is -4.28. The Balaban J connectivity index is 0.000000401. The number of imidazole rings is 1. The lowest BCUT2D eigenvalue weighted by Crippen LogP contribution is -2.48. The van der Waals surface area contributed by atoms with Crippen LogP contribution in [-0.2, 0) is 20.9 Å². The van der Waals surface area contributed by atoms with E-state index in [1.54, 1.807) is 26.0 Å². The quantitative estimate of drug-likeness (QED) is 0.0972. The van der Waals surface area contributed by atoms with Crippen LogP contribution < -0.4 is 0 Å². The molecule has 0 saturated carbocycles. The fourth-order valence-electron chi connectivity index (χ4n) is 3.70. The Bertz CT molecular complexity index is 1350. The van der Waals surface area contributed by atoms with Gasteiger partial charge >= 0.3 is 17.8 Å². The zero-order chi connectivity index (χ0) is 31.6. The highest BCUT2D eigenvalue weighted by molar-refractivity contribution is 5.78. The molecule has 0 aliphatic rings. The van der Waals surface area contributed by atoms with Gasteiger partial charge in [-0.1, -0.05) is 42.5 Å². The van der Waals surface area contributed by atoms with Crippen LogP contribution in [0.4, 0.5) is 10.2 Å². The summed E-state index contributed by atoms with van der Waals surface area (Å²) in [7, 11) is 0. The third-order valence-corrected chi connectivity index (χ3v) is 6.22. The van der Waals surface area contributed by atoms with E-state index in [0.29, 0.717) is 17.0 Å². The number of hydrogen-bond acceptors (Lipinski definition) is 11. The number of esters is 1.